The van der Waals surface area contributed by atoms with Gasteiger partial charge in [0.15, 0.2) is 5.11 Å². The Kier molecular flexibility index (Phi) is 7.89. The summed E-state index contributed by atoms with van der Waals surface area (Å²) >= 11 is 7.08. The Labute approximate surface area is 181 Å². The molecule has 0 spiro atoms. The van der Waals surface area contributed by atoms with E-state index in [1.54, 1.807) is 17.8 Å². The summed E-state index contributed by atoms with van der Waals surface area (Å²) < 4.78 is 13.6. The van der Waals surface area contributed by atoms with Crippen molar-refractivity contribution in [3.8, 4) is 0 Å². The maximum atomic E-state index is 13.6. The minimum absolute atomic E-state index is 0.140. The zero-order chi connectivity index (χ0) is 20.6. The molecule has 0 bridgehead atoms. The SMILES string of the molecule is Cc1cc(NC(=S)NCCCSCc2ccccc2F)ccc1N1CCCC1=O. The van der Waals surface area contributed by atoms with Crippen LogP contribution in [0.3, 0.4) is 0 Å². The Bertz CT molecular complexity index is 875. The van der Waals surface area contributed by atoms with Crippen LogP contribution in [-0.2, 0) is 10.5 Å². The van der Waals surface area contributed by atoms with Gasteiger partial charge in [-0.05, 0) is 73.1 Å². The zero-order valence-corrected chi connectivity index (χ0v) is 18.2. The Morgan fingerprint density at radius 1 is 1.28 bits per heavy atom. The number of hydrogen-bond acceptors (Lipinski definition) is 3. The molecule has 4 nitrogen and oxygen atoms in total. The Morgan fingerprint density at radius 2 is 2.10 bits per heavy atom. The van der Waals surface area contributed by atoms with Gasteiger partial charge in [0.1, 0.15) is 5.82 Å². The summed E-state index contributed by atoms with van der Waals surface area (Å²) in [6.45, 7) is 3.56. The summed E-state index contributed by atoms with van der Waals surface area (Å²) in [4.78, 5) is 13.8. The number of amides is 1. The normalized spacial score (nSPS) is 13.6. The second kappa shape index (κ2) is 10.6. The van der Waals surface area contributed by atoms with Crippen molar-refractivity contribution >= 4 is 46.4 Å². The highest BCUT2D eigenvalue weighted by molar-refractivity contribution is 7.98. The van der Waals surface area contributed by atoms with Crippen LogP contribution < -0.4 is 15.5 Å². The number of hydrogen-bond donors (Lipinski definition) is 2. The highest BCUT2D eigenvalue weighted by Gasteiger charge is 2.22. The minimum atomic E-state index is -0.140. The molecule has 2 aromatic rings. The van der Waals surface area contributed by atoms with Gasteiger partial charge in [-0.3, -0.25) is 4.79 Å². The van der Waals surface area contributed by atoms with E-state index in [2.05, 4.69) is 10.6 Å². The molecule has 1 fully saturated rings. The van der Waals surface area contributed by atoms with Gasteiger partial charge in [-0.25, -0.2) is 4.39 Å². The predicted octanol–water partition coefficient (Wildman–Crippen LogP) is 4.87. The van der Waals surface area contributed by atoms with E-state index in [-0.39, 0.29) is 11.7 Å². The summed E-state index contributed by atoms with van der Waals surface area (Å²) in [5.74, 6) is 1.67. The maximum absolute atomic E-state index is 13.6. The Hall–Kier alpha value is -2.12. The van der Waals surface area contributed by atoms with Crippen molar-refractivity contribution in [1.82, 2.24) is 5.32 Å². The predicted molar refractivity (Wildman–Crippen MR) is 124 cm³/mol. The average molecular weight is 432 g/mol. The summed E-state index contributed by atoms with van der Waals surface area (Å²) in [6.07, 6.45) is 2.49. The standard InChI is InChI=1S/C22H26FN3OS2/c1-16-14-18(9-10-20(16)26-12-4-8-21(26)27)25-22(28)24-11-5-13-29-15-17-6-2-3-7-19(17)23/h2-3,6-7,9-10,14H,4-5,8,11-13,15H2,1H3,(H2,24,25,28). The number of rotatable bonds is 8. The summed E-state index contributed by atoms with van der Waals surface area (Å²) in [5, 5.41) is 6.98. The van der Waals surface area contributed by atoms with Gasteiger partial charge >= 0.3 is 0 Å². The van der Waals surface area contributed by atoms with E-state index in [4.69, 9.17) is 12.2 Å². The van der Waals surface area contributed by atoms with E-state index in [1.807, 2.05) is 42.2 Å². The van der Waals surface area contributed by atoms with Crippen molar-refractivity contribution < 1.29 is 9.18 Å². The van der Waals surface area contributed by atoms with Gasteiger partial charge in [0.05, 0.1) is 0 Å². The fourth-order valence-corrected chi connectivity index (χ4v) is 4.45. The molecule has 0 aromatic heterocycles. The number of aryl methyl sites for hydroxylation is 1. The van der Waals surface area contributed by atoms with Gasteiger partial charge in [0.25, 0.3) is 0 Å². The molecule has 1 saturated heterocycles. The summed E-state index contributed by atoms with van der Waals surface area (Å²) in [5.41, 5.74) is 3.68. The first-order valence-corrected chi connectivity index (χ1v) is 11.4. The molecule has 154 valence electrons. The first-order valence-electron chi connectivity index (χ1n) is 9.81. The van der Waals surface area contributed by atoms with Crippen LogP contribution in [-0.4, -0.2) is 29.9 Å². The van der Waals surface area contributed by atoms with Gasteiger partial charge in [-0.1, -0.05) is 18.2 Å². The number of thiocarbonyl (C=S) groups is 1. The number of halogens is 1. The van der Waals surface area contributed by atoms with E-state index < -0.39 is 0 Å². The number of nitrogens with one attached hydrogen (secondary N) is 2. The van der Waals surface area contributed by atoms with Crippen LogP contribution in [0.4, 0.5) is 15.8 Å². The van der Waals surface area contributed by atoms with Crippen molar-refractivity contribution in [1.29, 1.82) is 0 Å². The van der Waals surface area contributed by atoms with Crippen LogP contribution in [0.25, 0.3) is 0 Å². The molecule has 0 aliphatic carbocycles. The van der Waals surface area contributed by atoms with Crippen molar-refractivity contribution in [2.75, 3.05) is 29.1 Å². The van der Waals surface area contributed by atoms with Gasteiger partial charge in [0.2, 0.25) is 5.91 Å². The largest absolute Gasteiger partial charge is 0.362 e. The van der Waals surface area contributed by atoms with E-state index in [9.17, 15) is 9.18 Å². The lowest BCUT2D eigenvalue weighted by Gasteiger charge is -2.19. The second-order valence-corrected chi connectivity index (χ2v) is 8.54. The molecule has 0 radical (unpaired) electrons. The molecule has 0 saturated carbocycles. The molecule has 3 rings (SSSR count). The van der Waals surface area contributed by atoms with E-state index in [0.29, 0.717) is 17.3 Å². The van der Waals surface area contributed by atoms with Crippen LogP contribution in [0, 0.1) is 12.7 Å². The number of benzene rings is 2. The lowest BCUT2D eigenvalue weighted by molar-refractivity contribution is -0.117. The number of anilines is 2. The molecule has 1 amide bonds. The van der Waals surface area contributed by atoms with Crippen molar-refractivity contribution in [3.63, 3.8) is 0 Å². The fourth-order valence-electron chi connectivity index (χ4n) is 3.29. The molecule has 2 N–H and O–H groups in total. The van der Waals surface area contributed by atoms with Crippen molar-refractivity contribution in [2.45, 2.75) is 31.9 Å². The first kappa shape index (κ1) is 21.6. The monoisotopic (exact) mass is 431 g/mol. The molecule has 0 unspecified atom stereocenters. The molecule has 29 heavy (non-hydrogen) atoms. The lowest BCUT2D eigenvalue weighted by atomic mass is 10.1. The van der Waals surface area contributed by atoms with Gasteiger partial charge in [-0.2, -0.15) is 11.8 Å². The van der Waals surface area contributed by atoms with Crippen LogP contribution in [0.15, 0.2) is 42.5 Å². The van der Waals surface area contributed by atoms with Gasteiger partial charge in [-0.15, -0.1) is 0 Å². The average Bonchev–Trinajstić information content (AvgIpc) is 3.11. The first-order chi connectivity index (χ1) is 14.0. The Morgan fingerprint density at radius 3 is 2.83 bits per heavy atom. The molecule has 7 heteroatoms. The third-order valence-electron chi connectivity index (χ3n) is 4.79. The van der Waals surface area contributed by atoms with Crippen LogP contribution in [0.1, 0.15) is 30.4 Å². The molecule has 1 aliphatic heterocycles. The van der Waals surface area contributed by atoms with E-state index in [0.717, 1.165) is 54.2 Å². The molecule has 1 aliphatic rings. The number of thioether (sulfide) groups is 1. The quantitative estimate of drug-likeness (QED) is 0.461. The molecular formula is C22H26FN3OS2. The second-order valence-electron chi connectivity index (χ2n) is 7.03. The smallest absolute Gasteiger partial charge is 0.227 e. The molecule has 1 heterocycles. The highest BCUT2D eigenvalue weighted by atomic mass is 32.2. The summed E-state index contributed by atoms with van der Waals surface area (Å²) in [7, 11) is 0. The van der Waals surface area contributed by atoms with Crippen LogP contribution in [0.5, 0.6) is 0 Å². The van der Waals surface area contributed by atoms with Gasteiger partial charge in [0, 0.05) is 36.6 Å². The van der Waals surface area contributed by atoms with Crippen LogP contribution in [0.2, 0.25) is 0 Å². The topological polar surface area (TPSA) is 44.4 Å². The number of carbonyl (C=O) groups excluding carboxylic acids is 1. The third kappa shape index (κ3) is 6.18. The third-order valence-corrected chi connectivity index (χ3v) is 6.12. The molecule has 0 atom stereocenters. The highest BCUT2D eigenvalue weighted by Crippen LogP contribution is 2.27. The molecular weight excluding hydrogens is 405 g/mol. The van der Waals surface area contributed by atoms with Crippen LogP contribution >= 0.6 is 24.0 Å². The Balaban J connectivity index is 1.37. The number of carbonyl (C=O) groups is 1. The van der Waals surface area contributed by atoms with Crippen molar-refractivity contribution in [2.24, 2.45) is 0 Å². The fraction of sp³-hybridized carbons (Fsp3) is 0.364. The lowest BCUT2D eigenvalue weighted by Crippen LogP contribution is -2.29. The van der Waals surface area contributed by atoms with E-state index >= 15 is 0 Å². The van der Waals surface area contributed by atoms with Crippen molar-refractivity contribution in [3.05, 3.63) is 59.4 Å². The maximum Gasteiger partial charge on any atom is 0.227 e. The zero-order valence-electron chi connectivity index (χ0n) is 16.5. The minimum Gasteiger partial charge on any atom is -0.362 e. The molecule has 2 aromatic carbocycles. The van der Waals surface area contributed by atoms with E-state index in [1.165, 1.54) is 6.07 Å². The van der Waals surface area contributed by atoms with Gasteiger partial charge < -0.3 is 15.5 Å². The summed E-state index contributed by atoms with van der Waals surface area (Å²) in [6, 6.07) is 12.8. The number of nitrogens with zero attached hydrogens (tertiary/aromatic N) is 1.